The van der Waals surface area contributed by atoms with Gasteiger partial charge in [0.15, 0.2) is 0 Å². The van der Waals surface area contributed by atoms with E-state index in [1.807, 2.05) is 24.3 Å². The molecule has 0 aliphatic heterocycles. The summed E-state index contributed by atoms with van der Waals surface area (Å²) in [6, 6.07) is 12.1. The van der Waals surface area contributed by atoms with Crippen LogP contribution in [0.5, 0.6) is 0 Å². The van der Waals surface area contributed by atoms with Gasteiger partial charge in [-0.2, -0.15) is 0 Å². The van der Waals surface area contributed by atoms with Gasteiger partial charge in [0.1, 0.15) is 18.5 Å². The zero-order valence-electron chi connectivity index (χ0n) is 21.4. The molecule has 204 valence electrons. The molecule has 2 aromatic carbocycles. The molecule has 38 heavy (non-hydrogen) atoms. The maximum Gasteiger partial charge on any atom is 0.407 e. The number of hydrogen-bond acceptors (Lipinski definition) is 5. The Morgan fingerprint density at radius 1 is 0.947 bits per heavy atom. The number of halogens is 1. The van der Waals surface area contributed by atoms with E-state index >= 15 is 0 Å². The number of carbonyl (C=O) groups is 3. The second kappa shape index (κ2) is 12.9. The molecule has 0 heterocycles. The Morgan fingerprint density at radius 2 is 1.61 bits per heavy atom. The van der Waals surface area contributed by atoms with E-state index in [0.717, 1.165) is 43.2 Å². The lowest BCUT2D eigenvalue weighted by Crippen LogP contribution is -2.42. The molecule has 2 aliphatic carbocycles. The predicted molar refractivity (Wildman–Crippen MR) is 139 cm³/mol. The highest BCUT2D eigenvalue weighted by Gasteiger charge is 2.34. The summed E-state index contributed by atoms with van der Waals surface area (Å²) in [5.41, 5.74) is 7.84. The summed E-state index contributed by atoms with van der Waals surface area (Å²) in [7, 11) is 0. The molecule has 0 aromatic heterocycles. The number of carbonyl (C=O) groups excluding carboxylic acids is 3. The molecule has 5 N–H and O–H groups in total. The van der Waals surface area contributed by atoms with Gasteiger partial charge in [0.25, 0.3) is 0 Å². The number of nitrogens with two attached hydrogens (primary N) is 1. The number of hydrogen-bond donors (Lipinski definition) is 4. The van der Waals surface area contributed by atoms with Crippen LogP contribution in [0.2, 0.25) is 0 Å². The highest BCUT2D eigenvalue weighted by Crippen LogP contribution is 2.38. The first kappa shape index (κ1) is 27.6. The van der Waals surface area contributed by atoms with Crippen molar-refractivity contribution in [1.29, 1.82) is 0 Å². The summed E-state index contributed by atoms with van der Waals surface area (Å²) < 4.78 is 18.7. The van der Waals surface area contributed by atoms with Crippen molar-refractivity contribution in [3.8, 4) is 0 Å². The third-order valence-corrected chi connectivity index (χ3v) is 7.67. The molecule has 2 aliphatic rings. The fourth-order valence-electron chi connectivity index (χ4n) is 5.51. The Kier molecular flexibility index (Phi) is 9.33. The number of benzene rings is 2. The fraction of sp³-hybridized carbons (Fsp3) is 0.483. The van der Waals surface area contributed by atoms with Gasteiger partial charge >= 0.3 is 6.09 Å². The average Bonchev–Trinajstić information content (AvgIpc) is 2.92. The molecule has 9 heteroatoms. The van der Waals surface area contributed by atoms with E-state index in [1.165, 1.54) is 24.3 Å². The van der Waals surface area contributed by atoms with Gasteiger partial charge in [0.05, 0.1) is 6.10 Å². The van der Waals surface area contributed by atoms with Gasteiger partial charge in [-0.1, -0.05) is 49.2 Å². The molecule has 0 bridgehead atoms. The van der Waals surface area contributed by atoms with Crippen LogP contribution >= 0.6 is 0 Å². The normalized spacial score (nSPS) is 24.2. The lowest BCUT2D eigenvalue weighted by Gasteiger charge is -2.32. The minimum absolute atomic E-state index is 0.0228. The van der Waals surface area contributed by atoms with E-state index in [4.69, 9.17) is 10.5 Å². The summed E-state index contributed by atoms with van der Waals surface area (Å²) >= 11 is 0. The van der Waals surface area contributed by atoms with E-state index in [2.05, 4.69) is 10.6 Å². The SMILES string of the molecule is NC(=O)[C@@H](NC(=O)[C@@H]1CCCC[C@H]1c1ccc(COC(=O)NC2CCC(O)CC2)cc1)c1ccc(F)cc1. The summed E-state index contributed by atoms with van der Waals surface area (Å²) in [5.74, 6) is -1.73. The zero-order chi connectivity index (χ0) is 27.1. The number of alkyl carbamates (subject to hydrolysis) is 1. The van der Waals surface area contributed by atoms with Crippen LogP contribution in [0.3, 0.4) is 0 Å². The Hall–Kier alpha value is -3.46. The van der Waals surface area contributed by atoms with E-state index < -0.39 is 23.9 Å². The van der Waals surface area contributed by atoms with Crippen LogP contribution in [0.15, 0.2) is 48.5 Å². The molecular formula is C29H36FN3O5. The lowest BCUT2D eigenvalue weighted by atomic mass is 9.74. The molecule has 8 nitrogen and oxygen atoms in total. The highest BCUT2D eigenvalue weighted by atomic mass is 19.1. The smallest absolute Gasteiger partial charge is 0.407 e. The van der Waals surface area contributed by atoms with Crippen LogP contribution in [-0.4, -0.2) is 35.2 Å². The second-order valence-electron chi connectivity index (χ2n) is 10.4. The van der Waals surface area contributed by atoms with Crippen LogP contribution in [0.1, 0.15) is 80.0 Å². The largest absolute Gasteiger partial charge is 0.445 e. The highest BCUT2D eigenvalue weighted by molar-refractivity contribution is 5.89. The van der Waals surface area contributed by atoms with Crippen LogP contribution in [0.4, 0.5) is 9.18 Å². The number of rotatable bonds is 8. The van der Waals surface area contributed by atoms with Crippen LogP contribution < -0.4 is 16.4 Å². The molecule has 0 saturated heterocycles. The molecule has 2 fully saturated rings. The minimum atomic E-state index is -1.03. The van der Waals surface area contributed by atoms with Crippen molar-refractivity contribution in [2.24, 2.45) is 11.7 Å². The fourth-order valence-corrected chi connectivity index (χ4v) is 5.51. The van der Waals surface area contributed by atoms with Gasteiger partial charge < -0.3 is 26.2 Å². The van der Waals surface area contributed by atoms with Crippen molar-refractivity contribution in [3.63, 3.8) is 0 Å². The van der Waals surface area contributed by atoms with Crippen molar-refractivity contribution < 1.29 is 28.6 Å². The Bertz CT molecular complexity index is 1100. The van der Waals surface area contributed by atoms with Crippen molar-refractivity contribution in [2.45, 2.75) is 82.1 Å². The molecule has 0 radical (unpaired) electrons. The quantitative estimate of drug-likeness (QED) is 0.414. The second-order valence-corrected chi connectivity index (χ2v) is 10.4. The summed E-state index contributed by atoms with van der Waals surface area (Å²) in [6.07, 6.45) is 5.53. The first-order valence-corrected chi connectivity index (χ1v) is 13.4. The minimum Gasteiger partial charge on any atom is -0.445 e. The van der Waals surface area contributed by atoms with Crippen LogP contribution in [-0.2, 0) is 20.9 Å². The number of amides is 3. The third-order valence-electron chi connectivity index (χ3n) is 7.67. The van der Waals surface area contributed by atoms with Gasteiger partial charge in [-0.05, 0) is 73.3 Å². The van der Waals surface area contributed by atoms with Crippen LogP contribution in [0, 0.1) is 11.7 Å². The van der Waals surface area contributed by atoms with Crippen molar-refractivity contribution in [2.75, 3.05) is 0 Å². The Balaban J connectivity index is 1.34. The number of aliphatic hydroxyl groups is 1. The van der Waals surface area contributed by atoms with Gasteiger partial charge in [-0.25, -0.2) is 9.18 Å². The lowest BCUT2D eigenvalue weighted by molar-refractivity contribution is -0.131. The maximum absolute atomic E-state index is 13.3. The molecule has 3 amide bonds. The monoisotopic (exact) mass is 525 g/mol. The zero-order valence-corrected chi connectivity index (χ0v) is 21.4. The molecule has 0 unspecified atom stereocenters. The summed E-state index contributed by atoms with van der Waals surface area (Å²) in [5, 5.41) is 15.2. The van der Waals surface area contributed by atoms with Gasteiger partial charge in [0.2, 0.25) is 11.8 Å². The molecule has 3 atom stereocenters. The average molecular weight is 526 g/mol. The van der Waals surface area contributed by atoms with Crippen molar-refractivity contribution in [3.05, 3.63) is 71.0 Å². The molecule has 2 saturated carbocycles. The maximum atomic E-state index is 13.3. The van der Waals surface area contributed by atoms with Gasteiger partial charge in [-0.15, -0.1) is 0 Å². The molecule has 2 aromatic rings. The molecule has 0 spiro atoms. The van der Waals surface area contributed by atoms with Crippen LogP contribution in [0.25, 0.3) is 0 Å². The van der Waals surface area contributed by atoms with Gasteiger partial charge in [-0.3, -0.25) is 9.59 Å². The van der Waals surface area contributed by atoms with Crippen molar-refractivity contribution >= 4 is 17.9 Å². The number of primary amides is 1. The van der Waals surface area contributed by atoms with Crippen molar-refractivity contribution in [1.82, 2.24) is 10.6 Å². The van der Waals surface area contributed by atoms with E-state index in [-0.39, 0.29) is 36.5 Å². The molecular weight excluding hydrogens is 489 g/mol. The summed E-state index contributed by atoms with van der Waals surface area (Å²) in [4.78, 5) is 37.5. The van der Waals surface area contributed by atoms with Gasteiger partial charge in [0, 0.05) is 12.0 Å². The number of aliphatic hydroxyl groups excluding tert-OH is 1. The Morgan fingerprint density at radius 3 is 2.26 bits per heavy atom. The molecule has 4 rings (SSSR count). The predicted octanol–water partition coefficient (Wildman–Crippen LogP) is 3.97. The number of ether oxygens (including phenoxy) is 1. The van der Waals surface area contributed by atoms with E-state index in [9.17, 15) is 23.9 Å². The first-order valence-electron chi connectivity index (χ1n) is 13.4. The first-order chi connectivity index (χ1) is 18.3. The number of nitrogens with one attached hydrogen (secondary N) is 2. The standard InChI is InChI=1S/C29H36FN3O5/c30-21-11-9-20(10-12-21)26(27(31)35)33-28(36)25-4-2-1-3-24(25)19-7-5-18(6-8-19)17-38-29(37)32-22-13-15-23(34)16-14-22/h5-12,22-26,34H,1-4,13-17H2,(H2,31,35)(H,32,37)(H,33,36)/t22?,23?,24-,25+,26-/m0/s1. The third kappa shape index (κ3) is 7.31. The van der Waals surface area contributed by atoms with E-state index in [0.29, 0.717) is 24.8 Å². The Labute approximate surface area is 222 Å². The van der Waals surface area contributed by atoms with E-state index in [1.54, 1.807) is 0 Å². The summed E-state index contributed by atoms with van der Waals surface area (Å²) in [6.45, 7) is 0.133. The topological polar surface area (TPSA) is 131 Å².